The van der Waals surface area contributed by atoms with Crippen molar-refractivity contribution in [1.82, 2.24) is 19.3 Å². The van der Waals surface area contributed by atoms with Crippen molar-refractivity contribution < 1.29 is 0 Å². The number of hydrogen-bond donors (Lipinski definition) is 0. The number of fused-ring (bicyclic) bond motifs is 1. The predicted molar refractivity (Wildman–Crippen MR) is 70.6 cm³/mol. The van der Waals surface area contributed by atoms with E-state index in [2.05, 4.69) is 44.2 Å². The van der Waals surface area contributed by atoms with Gasteiger partial charge in [0.1, 0.15) is 10.4 Å². The number of benzene rings is 1. The third-order valence-electron chi connectivity index (χ3n) is 2.85. The van der Waals surface area contributed by atoms with Gasteiger partial charge in [-0.2, -0.15) is 5.10 Å². The third-order valence-corrected chi connectivity index (χ3v) is 3.23. The lowest BCUT2D eigenvalue weighted by molar-refractivity contribution is 0.797. The molecule has 2 heterocycles. The van der Waals surface area contributed by atoms with Crippen molar-refractivity contribution in [3.8, 4) is 11.4 Å². The van der Waals surface area contributed by atoms with Gasteiger partial charge in [-0.15, -0.1) is 0 Å². The summed E-state index contributed by atoms with van der Waals surface area (Å²) in [7, 11) is 3.93. The van der Waals surface area contributed by atoms with Crippen molar-refractivity contribution in [3.05, 3.63) is 35.2 Å². The molecule has 3 aromatic rings. The first kappa shape index (κ1) is 10.5. The van der Waals surface area contributed by atoms with E-state index in [0.29, 0.717) is 0 Å². The Morgan fingerprint density at radius 3 is 2.76 bits per heavy atom. The highest BCUT2D eigenvalue weighted by Gasteiger charge is 2.08. The molecule has 0 saturated heterocycles. The fourth-order valence-corrected chi connectivity index (χ4v) is 2.48. The van der Waals surface area contributed by atoms with E-state index in [4.69, 9.17) is 0 Å². The molecule has 0 aliphatic heterocycles. The fraction of sp³-hybridized carbons (Fsp3) is 0.167. The molecule has 0 N–H and O–H groups in total. The summed E-state index contributed by atoms with van der Waals surface area (Å²) in [4.78, 5) is 4.45. The van der Waals surface area contributed by atoms with Gasteiger partial charge in [0.2, 0.25) is 0 Å². The van der Waals surface area contributed by atoms with Gasteiger partial charge < -0.3 is 4.57 Å². The molecule has 86 valence electrons. The Morgan fingerprint density at radius 2 is 2.06 bits per heavy atom. The molecule has 0 unspecified atom stereocenters. The number of hydrogen-bond acceptors (Lipinski definition) is 2. The van der Waals surface area contributed by atoms with Crippen LogP contribution in [-0.4, -0.2) is 19.3 Å². The highest BCUT2D eigenvalue weighted by molar-refractivity contribution is 9.10. The highest BCUT2D eigenvalue weighted by Crippen LogP contribution is 2.24. The van der Waals surface area contributed by atoms with Crippen LogP contribution in [0.3, 0.4) is 0 Å². The first-order valence-corrected chi connectivity index (χ1v) is 6.05. The van der Waals surface area contributed by atoms with Gasteiger partial charge in [0.25, 0.3) is 0 Å². The Kier molecular flexibility index (Phi) is 2.29. The smallest absolute Gasteiger partial charge is 0.141 e. The van der Waals surface area contributed by atoms with Gasteiger partial charge in [0.15, 0.2) is 0 Å². The summed E-state index contributed by atoms with van der Waals surface area (Å²) in [5.41, 5.74) is 2.22. The minimum Gasteiger partial charge on any atom is -0.333 e. The summed E-state index contributed by atoms with van der Waals surface area (Å²) < 4.78 is 4.72. The second kappa shape index (κ2) is 3.70. The van der Waals surface area contributed by atoms with Gasteiger partial charge in [-0.05, 0) is 34.1 Å². The second-order valence-electron chi connectivity index (χ2n) is 4.04. The lowest BCUT2D eigenvalue weighted by atomic mass is 10.1. The lowest BCUT2D eigenvalue weighted by Gasteiger charge is -2.02. The van der Waals surface area contributed by atoms with Crippen LogP contribution in [0, 0.1) is 0 Å². The van der Waals surface area contributed by atoms with E-state index < -0.39 is 0 Å². The Bertz CT molecular complexity index is 696. The Morgan fingerprint density at radius 1 is 1.24 bits per heavy atom. The average Bonchev–Trinajstić information content (AvgIpc) is 2.82. The maximum atomic E-state index is 4.45. The van der Waals surface area contributed by atoms with Crippen molar-refractivity contribution in [2.24, 2.45) is 14.1 Å². The summed E-state index contributed by atoms with van der Waals surface area (Å²) in [5.74, 6) is 0.947. The van der Waals surface area contributed by atoms with E-state index in [9.17, 15) is 0 Å². The van der Waals surface area contributed by atoms with Gasteiger partial charge in [-0.25, -0.2) is 4.98 Å². The van der Waals surface area contributed by atoms with Gasteiger partial charge in [-0.3, -0.25) is 4.68 Å². The second-order valence-corrected chi connectivity index (χ2v) is 4.85. The average molecular weight is 291 g/mol. The van der Waals surface area contributed by atoms with Crippen molar-refractivity contribution >= 4 is 26.8 Å². The molecule has 0 fully saturated rings. The van der Waals surface area contributed by atoms with Crippen LogP contribution < -0.4 is 0 Å². The molecule has 1 aromatic carbocycles. The van der Waals surface area contributed by atoms with E-state index in [1.807, 2.05) is 35.7 Å². The zero-order valence-electron chi connectivity index (χ0n) is 9.55. The molecule has 4 nitrogen and oxygen atoms in total. The van der Waals surface area contributed by atoms with E-state index in [1.165, 1.54) is 0 Å². The molecule has 0 aliphatic carbocycles. The number of rotatable bonds is 1. The topological polar surface area (TPSA) is 35.6 Å². The lowest BCUT2D eigenvalue weighted by Crippen LogP contribution is -1.92. The molecular formula is C12H11BrN4. The van der Waals surface area contributed by atoms with Crippen LogP contribution in [0.1, 0.15) is 0 Å². The fourth-order valence-electron chi connectivity index (χ4n) is 2.00. The van der Waals surface area contributed by atoms with Crippen LogP contribution in [0.4, 0.5) is 0 Å². The summed E-state index contributed by atoms with van der Waals surface area (Å²) in [6, 6.07) is 6.25. The quantitative estimate of drug-likeness (QED) is 0.691. The first-order chi connectivity index (χ1) is 8.15. The summed E-state index contributed by atoms with van der Waals surface area (Å²) in [5, 5.41) is 5.37. The van der Waals surface area contributed by atoms with Gasteiger partial charge >= 0.3 is 0 Å². The van der Waals surface area contributed by atoms with E-state index in [0.717, 1.165) is 26.9 Å². The maximum absolute atomic E-state index is 4.45. The first-order valence-electron chi connectivity index (χ1n) is 5.26. The molecule has 0 aliphatic rings. The van der Waals surface area contributed by atoms with Crippen LogP contribution in [-0.2, 0) is 14.1 Å². The van der Waals surface area contributed by atoms with E-state index in [-0.39, 0.29) is 0 Å². The number of halogens is 1. The predicted octanol–water partition coefficient (Wildman–Crippen LogP) is 2.74. The molecular weight excluding hydrogens is 280 g/mol. The summed E-state index contributed by atoms with van der Waals surface area (Å²) >= 11 is 3.39. The highest BCUT2D eigenvalue weighted by atomic mass is 79.9. The zero-order chi connectivity index (χ0) is 12.0. The van der Waals surface area contributed by atoms with Crippen LogP contribution in [0.2, 0.25) is 0 Å². The molecule has 3 rings (SSSR count). The Balaban J connectivity index is 2.21. The Labute approximate surface area is 107 Å². The van der Waals surface area contributed by atoms with Crippen molar-refractivity contribution in [3.63, 3.8) is 0 Å². The molecule has 2 aromatic heterocycles. The molecule has 0 atom stereocenters. The largest absolute Gasteiger partial charge is 0.333 e. The van der Waals surface area contributed by atoms with Gasteiger partial charge in [-0.1, -0.05) is 0 Å². The number of aryl methyl sites for hydroxylation is 2. The minimum atomic E-state index is 0.848. The molecule has 0 amide bonds. The van der Waals surface area contributed by atoms with Crippen molar-refractivity contribution in [2.75, 3.05) is 0 Å². The van der Waals surface area contributed by atoms with E-state index >= 15 is 0 Å². The summed E-state index contributed by atoms with van der Waals surface area (Å²) in [6.07, 6.45) is 3.82. The van der Waals surface area contributed by atoms with Gasteiger partial charge in [0, 0.05) is 31.2 Å². The SMILES string of the molecule is Cn1cc(Br)nc1-c1ccc2c(cnn2C)c1. The van der Waals surface area contributed by atoms with Crippen LogP contribution in [0.25, 0.3) is 22.3 Å². The molecule has 0 radical (unpaired) electrons. The van der Waals surface area contributed by atoms with Gasteiger partial charge in [0.05, 0.1) is 11.7 Å². The molecule has 5 heteroatoms. The molecule has 0 spiro atoms. The standard InChI is InChI=1S/C12H11BrN4/c1-16-7-11(13)15-12(16)8-3-4-10-9(5-8)6-14-17(10)2/h3-7H,1-2H3. The summed E-state index contributed by atoms with van der Waals surface area (Å²) in [6.45, 7) is 0. The van der Waals surface area contributed by atoms with Crippen LogP contribution in [0.15, 0.2) is 35.2 Å². The number of nitrogens with zero attached hydrogens (tertiary/aromatic N) is 4. The molecule has 0 bridgehead atoms. The van der Waals surface area contributed by atoms with Crippen LogP contribution in [0.5, 0.6) is 0 Å². The number of imidazole rings is 1. The Hall–Kier alpha value is -1.62. The minimum absolute atomic E-state index is 0.848. The monoisotopic (exact) mass is 290 g/mol. The normalized spacial score (nSPS) is 11.2. The molecule has 17 heavy (non-hydrogen) atoms. The van der Waals surface area contributed by atoms with Crippen molar-refractivity contribution in [2.45, 2.75) is 0 Å². The number of aromatic nitrogens is 4. The maximum Gasteiger partial charge on any atom is 0.141 e. The zero-order valence-corrected chi connectivity index (χ0v) is 11.1. The molecule has 0 saturated carbocycles. The van der Waals surface area contributed by atoms with E-state index in [1.54, 1.807) is 0 Å². The third kappa shape index (κ3) is 1.67. The van der Waals surface area contributed by atoms with Crippen LogP contribution >= 0.6 is 15.9 Å². The van der Waals surface area contributed by atoms with Crippen molar-refractivity contribution in [1.29, 1.82) is 0 Å².